The Kier molecular flexibility index (Phi) is 8.17. The van der Waals surface area contributed by atoms with Crippen LogP contribution in [0.3, 0.4) is 0 Å². The number of hydrogen-bond acceptors (Lipinski definition) is 5. The van der Waals surface area contributed by atoms with Crippen LogP contribution in [0.4, 0.5) is 13.2 Å². The maximum atomic E-state index is 13.3. The summed E-state index contributed by atoms with van der Waals surface area (Å²) < 4.78 is 97.2. The summed E-state index contributed by atoms with van der Waals surface area (Å²) in [5, 5.41) is 0. The number of alkyl halides is 3. The lowest BCUT2D eigenvalue weighted by atomic mass is 10.2. The molecule has 0 radical (unpaired) electrons. The van der Waals surface area contributed by atoms with Crippen LogP contribution in [0.5, 0.6) is 5.75 Å². The summed E-state index contributed by atoms with van der Waals surface area (Å²) in [5.41, 5.74) is 0.242. The third-order valence-corrected chi connectivity index (χ3v) is 8.21. The van der Waals surface area contributed by atoms with Gasteiger partial charge in [0.05, 0.1) is 10.5 Å². The first kappa shape index (κ1) is 27.7. The summed E-state index contributed by atoms with van der Waals surface area (Å²) in [7, 11) is -8.42. The number of sulfonamides is 1. The van der Waals surface area contributed by atoms with E-state index in [2.05, 4.69) is 0 Å². The Morgan fingerprint density at radius 1 is 0.861 bits per heavy atom. The average Bonchev–Trinajstić information content (AvgIpc) is 2.78. The SMILES string of the molecule is Cc1ccc(S(=O)(=O)N(Cc2cccc(OS(=O)(=O)c3cccc(C(F)(F)F)c3)c2)CC(C)C)cc1. The van der Waals surface area contributed by atoms with Gasteiger partial charge in [0.25, 0.3) is 0 Å². The quantitative estimate of drug-likeness (QED) is 0.328. The van der Waals surface area contributed by atoms with Gasteiger partial charge in [-0.05, 0) is 60.9 Å². The first-order valence-electron chi connectivity index (χ1n) is 11.0. The van der Waals surface area contributed by atoms with E-state index in [1.165, 1.54) is 34.6 Å². The maximum absolute atomic E-state index is 13.3. The van der Waals surface area contributed by atoms with E-state index < -0.39 is 36.8 Å². The van der Waals surface area contributed by atoms with Crippen LogP contribution >= 0.6 is 0 Å². The smallest absolute Gasteiger partial charge is 0.379 e. The minimum atomic E-state index is -4.71. The molecule has 0 fully saturated rings. The summed E-state index contributed by atoms with van der Waals surface area (Å²) in [6.45, 7) is 5.75. The number of hydrogen-bond donors (Lipinski definition) is 0. The van der Waals surface area contributed by atoms with Crippen molar-refractivity contribution in [3.8, 4) is 5.75 Å². The minimum Gasteiger partial charge on any atom is -0.379 e. The fourth-order valence-electron chi connectivity index (χ4n) is 3.42. The summed E-state index contributed by atoms with van der Waals surface area (Å²) in [6.07, 6.45) is -4.71. The third kappa shape index (κ3) is 6.86. The van der Waals surface area contributed by atoms with E-state index in [-0.39, 0.29) is 29.7 Å². The zero-order chi connectivity index (χ0) is 26.7. The Morgan fingerprint density at radius 3 is 2.11 bits per heavy atom. The molecule has 0 aromatic heterocycles. The van der Waals surface area contributed by atoms with Crippen molar-refractivity contribution >= 4 is 20.1 Å². The molecule has 0 aliphatic carbocycles. The van der Waals surface area contributed by atoms with Gasteiger partial charge in [-0.25, -0.2) is 8.42 Å². The molecule has 0 bridgehead atoms. The molecule has 0 aliphatic rings. The average molecular weight is 542 g/mol. The first-order chi connectivity index (χ1) is 16.7. The molecule has 3 rings (SSSR count). The molecular weight excluding hydrogens is 515 g/mol. The molecule has 0 aliphatic heterocycles. The second-order valence-corrected chi connectivity index (χ2v) is 12.2. The van der Waals surface area contributed by atoms with Crippen LogP contribution in [0.25, 0.3) is 0 Å². The van der Waals surface area contributed by atoms with Gasteiger partial charge in [0, 0.05) is 13.1 Å². The molecule has 36 heavy (non-hydrogen) atoms. The molecule has 0 atom stereocenters. The first-order valence-corrected chi connectivity index (χ1v) is 13.8. The van der Waals surface area contributed by atoms with E-state index in [0.717, 1.165) is 23.8 Å². The second-order valence-electron chi connectivity index (χ2n) is 8.71. The van der Waals surface area contributed by atoms with Gasteiger partial charge in [-0.3, -0.25) is 0 Å². The summed E-state index contributed by atoms with van der Waals surface area (Å²) in [6, 6.07) is 15.5. The summed E-state index contributed by atoms with van der Waals surface area (Å²) in [4.78, 5) is -0.514. The van der Waals surface area contributed by atoms with Crippen molar-refractivity contribution in [2.75, 3.05) is 6.54 Å². The summed E-state index contributed by atoms with van der Waals surface area (Å²) in [5.74, 6) is -0.145. The summed E-state index contributed by atoms with van der Waals surface area (Å²) >= 11 is 0. The number of nitrogens with zero attached hydrogens (tertiary/aromatic N) is 1. The number of aryl methyl sites for hydroxylation is 1. The molecule has 194 valence electrons. The van der Waals surface area contributed by atoms with Crippen LogP contribution in [-0.2, 0) is 32.9 Å². The molecular formula is C25H26F3NO5S2. The van der Waals surface area contributed by atoms with Crippen LogP contribution in [0.2, 0.25) is 0 Å². The lowest BCUT2D eigenvalue weighted by Gasteiger charge is -2.24. The lowest BCUT2D eigenvalue weighted by Crippen LogP contribution is -2.33. The van der Waals surface area contributed by atoms with E-state index in [0.29, 0.717) is 11.6 Å². The highest BCUT2D eigenvalue weighted by Gasteiger charge is 2.32. The van der Waals surface area contributed by atoms with Gasteiger partial charge in [-0.2, -0.15) is 25.9 Å². The molecule has 6 nitrogen and oxygen atoms in total. The Hall–Kier alpha value is -2.89. The number of benzene rings is 3. The molecule has 0 saturated carbocycles. The van der Waals surface area contributed by atoms with E-state index in [1.54, 1.807) is 18.2 Å². The van der Waals surface area contributed by atoms with Crippen molar-refractivity contribution in [3.63, 3.8) is 0 Å². The zero-order valence-corrected chi connectivity index (χ0v) is 21.5. The van der Waals surface area contributed by atoms with Gasteiger partial charge in [0.1, 0.15) is 10.6 Å². The van der Waals surface area contributed by atoms with E-state index in [1.807, 2.05) is 20.8 Å². The number of halogens is 3. The van der Waals surface area contributed by atoms with Crippen molar-refractivity contribution < 1.29 is 34.2 Å². The van der Waals surface area contributed by atoms with E-state index in [9.17, 15) is 30.0 Å². The molecule has 0 N–H and O–H groups in total. The lowest BCUT2D eigenvalue weighted by molar-refractivity contribution is -0.137. The van der Waals surface area contributed by atoms with Crippen molar-refractivity contribution in [2.45, 2.75) is 43.3 Å². The molecule has 3 aromatic carbocycles. The van der Waals surface area contributed by atoms with Crippen LogP contribution < -0.4 is 4.18 Å². The highest BCUT2D eigenvalue weighted by molar-refractivity contribution is 7.89. The van der Waals surface area contributed by atoms with Gasteiger partial charge < -0.3 is 4.18 Å². The van der Waals surface area contributed by atoms with Crippen molar-refractivity contribution in [3.05, 3.63) is 89.5 Å². The van der Waals surface area contributed by atoms with Crippen molar-refractivity contribution in [1.82, 2.24) is 4.31 Å². The van der Waals surface area contributed by atoms with E-state index in [4.69, 9.17) is 4.18 Å². The molecule has 0 spiro atoms. The van der Waals surface area contributed by atoms with Crippen molar-refractivity contribution in [1.29, 1.82) is 0 Å². The monoisotopic (exact) mass is 541 g/mol. The highest BCUT2D eigenvalue weighted by atomic mass is 32.2. The number of rotatable bonds is 9. The molecule has 11 heteroatoms. The second kappa shape index (κ2) is 10.6. The zero-order valence-electron chi connectivity index (χ0n) is 19.9. The maximum Gasteiger partial charge on any atom is 0.416 e. The molecule has 3 aromatic rings. The Labute approximate surface area is 209 Å². The fraction of sp³-hybridized carbons (Fsp3) is 0.280. The standard InChI is InChI=1S/C25H26F3NO5S2/c1-18(2)16-29(35(30,31)23-12-10-19(3)11-13-23)17-20-6-4-8-22(14-20)34-36(32,33)24-9-5-7-21(15-24)25(26,27)28/h4-15,18H,16-17H2,1-3H3. The molecule has 0 unspecified atom stereocenters. The topological polar surface area (TPSA) is 80.8 Å². The van der Waals surface area contributed by atoms with Gasteiger partial charge >= 0.3 is 16.3 Å². The Balaban J connectivity index is 1.88. The van der Waals surface area contributed by atoms with Gasteiger partial charge in [-0.15, -0.1) is 0 Å². The predicted molar refractivity (Wildman–Crippen MR) is 129 cm³/mol. The largest absolute Gasteiger partial charge is 0.416 e. The van der Waals surface area contributed by atoms with Crippen LogP contribution in [0, 0.1) is 12.8 Å². The minimum absolute atomic E-state index is 0.00550. The van der Waals surface area contributed by atoms with Gasteiger partial charge in [0.15, 0.2) is 0 Å². The van der Waals surface area contributed by atoms with Gasteiger partial charge in [-0.1, -0.05) is 49.7 Å². The van der Waals surface area contributed by atoms with Crippen LogP contribution in [0.15, 0.2) is 82.6 Å². The van der Waals surface area contributed by atoms with Crippen LogP contribution in [0.1, 0.15) is 30.5 Å². The van der Waals surface area contributed by atoms with E-state index >= 15 is 0 Å². The fourth-order valence-corrected chi connectivity index (χ4v) is 5.98. The predicted octanol–water partition coefficient (Wildman–Crippen LogP) is 5.63. The molecule has 0 heterocycles. The van der Waals surface area contributed by atoms with Crippen molar-refractivity contribution in [2.24, 2.45) is 5.92 Å². The Morgan fingerprint density at radius 2 is 1.50 bits per heavy atom. The highest BCUT2D eigenvalue weighted by Crippen LogP contribution is 2.31. The normalized spacial score (nSPS) is 12.8. The third-order valence-electron chi connectivity index (χ3n) is 5.14. The van der Waals surface area contributed by atoms with Crippen LogP contribution in [-0.4, -0.2) is 27.7 Å². The van der Waals surface area contributed by atoms with Gasteiger partial charge in [0.2, 0.25) is 10.0 Å². The molecule has 0 saturated heterocycles. The molecule has 0 amide bonds. The Bertz CT molecular complexity index is 1420.